The lowest BCUT2D eigenvalue weighted by atomic mass is 9.83. The van der Waals surface area contributed by atoms with E-state index in [2.05, 4.69) is 6.58 Å². The van der Waals surface area contributed by atoms with E-state index in [4.69, 9.17) is 5.11 Å². The summed E-state index contributed by atoms with van der Waals surface area (Å²) in [6, 6.07) is 4.64. The largest absolute Gasteiger partial charge is 0.508 e. The van der Waals surface area contributed by atoms with Crippen LogP contribution in [-0.2, 0) is 21.4 Å². The maximum Gasteiger partial charge on any atom is 0.372 e. The zero-order valence-electron chi connectivity index (χ0n) is 10.4. The second-order valence-electron chi connectivity index (χ2n) is 4.68. The Labute approximate surface area is 106 Å². The van der Waals surface area contributed by atoms with Crippen LogP contribution in [0.4, 0.5) is 0 Å². The minimum Gasteiger partial charge on any atom is -0.508 e. The number of Topliss-reactive ketones (excluding diaryl/α,β-unsaturated/α-hetero) is 1. The summed E-state index contributed by atoms with van der Waals surface area (Å²) in [5.41, 5.74) is 0.727. The first-order valence-electron chi connectivity index (χ1n) is 5.50. The van der Waals surface area contributed by atoms with Gasteiger partial charge in [-0.1, -0.05) is 32.1 Å². The third-order valence-electron chi connectivity index (χ3n) is 2.87. The molecule has 4 nitrogen and oxygen atoms in total. The van der Waals surface area contributed by atoms with E-state index in [-0.39, 0.29) is 12.2 Å². The van der Waals surface area contributed by atoms with Crippen molar-refractivity contribution in [3.8, 4) is 5.75 Å². The Bertz CT molecular complexity index is 501. The molecular formula is C14H16O4. The molecule has 1 rings (SSSR count). The Balaban J connectivity index is 3.12. The lowest BCUT2D eigenvalue weighted by Crippen LogP contribution is -2.17. The molecule has 0 bridgehead atoms. The van der Waals surface area contributed by atoms with Gasteiger partial charge in [0, 0.05) is 17.4 Å². The predicted molar refractivity (Wildman–Crippen MR) is 67.7 cm³/mol. The van der Waals surface area contributed by atoms with Crippen molar-refractivity contribution in [1.29, 1.82) is 0 Å². The molecule has 0 aliphatic heterocycles. The maximum absolute atomic E-state index is 11.1. The standard InChI is InChI=1S/C14H16O4/c1-4-14(2,3)10-7-9(5-6-11(10)15)8-12(16)13(17)18/h4-7,15H,1,8H2,2-3H3,(H,17,18). The van der Waals surface area contributed by atoms with Crippen LogP contribution < -0.4 is 0 Å². The number of aliphatic carboxylic acids is 1. The Morgan fingerprint density at radius 1 is 1.39 bits per heavy atom. The van der Waals surface area contributed by atoms with E-state index in [1.54, 1.807) is 18.2 Å². The average molecular weight is 248 g/mol. The van der Waals surface area contributed by atoms with Gasteiger partial charge in [-0.3, -0.25) is 4.79 Å². The summed E-state index contributed by atoms with van der Waals surface area (Å²) >= 11 is 0. The number of carbonyl (C=O) groups excluding carboxylic acids is 1. The van der Waals surface area contributed by atoms with Gasteiger partial charge in [0.05, 0.1) is 0 Å². The Kier molecular flexibility index (Phi) is 3.91. The summed E-state index contributed by atoms with van der Waals surface area (Å²) in [6.07, 6.45) is 1.50. The van der Waals surface area contributed by atoms with E-state index >= 15 is 0 Å². The number of hydrogen-bond acceptors (Lipinski definition) is 3. The molecule has 0 atom stereocenters. The lowest BCUT2D eigenvalue weighted by molar-refractivity contribution is -0.148. The topological polar surface area (TPSA) is 74.6 Å². The number of phenolic OH excluding ortho intramolecular Hbond substituents is 1. The van der Waals surface area contributed by atoms with Crippen LogP contribution in [0.5, 0.6) is 5.75 Å². The first-order chi connectivity index (χ1) is 8.27. The van der Waals surface area contributed by atoms with Crippen molar-refractivity contribution >= 4 is 11.8 Å². The van der Waals surface area contributed by atoms with Crippen LogP contribution in [-0.4, -0.2) is 22.0 Å². The van der Waals surface area contributed by atoms with Gasteiger partial charge in [-0.2, -0.15) is 0 Å². The molecule has 0 spiro atoms. The summed E-state index contributed by atoms with van der Waals surface area (Å²) in [7, 11) is 0. The summed E-state index contributed by atoms with van der Waals surface area (Å²) in [4.78, 5) is 21.6. The van der Waals surface area contributed by atoms with Crippen molar-refractivity contribution in [2.24, 2.45) is 0 Å². The first-order valence-corrected chi connectivity index (χ1v) is 5.50. The second-order valence-corrected chi connectivity index (χ2v) is 4.68. The normalized spacial score (nSPS) is 11.0. The van der Waals surface area contributed by atoms with E-state index < -0.39 is 17.2 Å². The number of carboxylic acid groups (broad SMARTS) is 1. The van der Waals surface area contributed by atoms with E-state index in [1.807, 2.05) is 13.8 Å². The number of carbonyl (C=O) groups is 2. The molecule has 1 aromatic carbocycles. The molecule has 1 aromatic rings. The van der Waals surface area contributed by atoms with Crippen LogP contribution in [0.2, 0.25) is 0 Å². The number of allylic oxidation sites excluding steroid dienone is 1. The van der Waals surface area contributed by atoms with Gasteiger partial charge in [-0.05, 0) is 11.6 Å². The number of ketones is 1. The third-order valence-corrected chi connectivity index (χ3v) is 2.87. The van der Waals surface area contributed by atoms with Crippen molar-refractivity contribution in [3.05, 3.63) is 42.0 Å². The van der Waals surface area contributed by atoms with Crippen LogP contribution in [0, 0.1) is 0 Å². The first kappa shape index (κ1) is 14.0. The number of aromatic hydroxyl groups is 1. The molecule has 0 fully saturated rings. The van der Waals surface area contributed by atoms with Gasteiger partial charge in [-0.15, -0.1) is 6.58 Å². The molecule has 0 amide bonds. The minimum absolute atomic E-state index is 0.103. The molecule has 0 aliphatic carbocycles. The van der Waals surface area contributed by atoms with Crippen LogP contribution >= 0.6 is 0 Å². The lowest BCUT2D eigenvalue weighted by Gasteiger charge is -2.22. The highest BCUT2D eigenvalue weighted by Crippen LogP contribution is 2.32. The summed E-state index contributed by atoms with van der Waals surface area (Å²) in [6.45, 7) is 7.44. The van der Waals surface area contributed by atoms with Gasteiger partial charge in [0.15, 0.2) is 0 Å². The summed E-state index contributed by atoms with van der Waals surface area (Å²) in [5, 5.41) is 18.4. The Morgan fingerprint density at radius 2 is 2.00 bits per heavy atom. The van der Waals surface area contributed by atoms with E-state index in [0.29, 0.717) is 11.1 Å². The summed E-state index contributed by atoms with van der Waals surface area (Å²) < 4.78 is 0. The number of hydrogen-bond donors (Lipinski definition) is 2. The van der Waals surface area contributed by atoms with Gasteiger partial charge in [-0.25, -0.2) is 4.79 Å². The van der Waals surface area contributed by atoms with Crippen LogP contribution in [0.15, 0.2) is 30.9 Å². The van der Waals surface area contributed by atoms with Gasteiger partial charge in [0.25, 0.3) is 0 Å². The Hall–Kier alpha value is -2.10. The number of phenols is 1. The van der Waals surface area contributed by atoms with Gasteiger partial charge < -0.3 is 10.2 Å². The number of carboxylic acids is 1. The SMILES string of the molecule is C=CC(C)(C)c1cc(CC(=O)C(=O)O)ccc1O. The monoisotopic (exact) mass is 248 g/mol. The molecule has 96 valence electrons. The van der Waals surface area contributed by atoms with Crippen molar-refractivity contribution in [2.75, 3.05) is 0 Å². The maximum atomic E-state index is 11.1. The highest BCUT2D eigenvalue weighted by molar-refractivity contribution is 6.33. The molecule has 0 aliphatic rings. The highest BCUT2D eigenvalue weighted by atomic mass is 16.4. The van der Waals surface area contributed by atoms with Crippen molar-refractivity contribution in [3.63, 3.8) is 0 Å². The number of rotatable bonds is 5. The fraction of sp³-hybridized carbons (Fsp3) is 0.286. The molecule has 4 heteroatoms. The molecule has 0 heterocycles. The Morgan fingerprint density at radius 3 is 2.50 bits per heavy atom. The predicted octanol–water partition coefficient (Wildman–Crippen LogP) is 2.05. The minimum atomic E-state index is -1.45. The van der Waals surface area contributed by atoms with Crippen molar-refractivity contribution < 1.29 is 19.8 Å². The molecule has 0 radical (unpaired) electrons. The van der Waals surface area contributed by atoms with E-state index in [1.165, 1.54) is 6.07 Å². The number of benzene rings is 1. The quantitative estimate of drug-likeness (QED) is 0.617. The van der Waals surface area contributed by atoms with Crippen LogP contribution in [0.3, 0.4) is 0 Å². The molecule has 18 heavy (non-hydrogen) atoms. The highest BCUT2D eigenvalue weighted by Gasteiger charge is 2.21. The fourth-order valence-corrected chi connectivity index (χ4v) is 1.58. The molecular weight excluding hydrogens is 232 g/mol. The smallest absolute Gasteiger partial charge is 0.372 e. The average Bonchev–Trinajstić information content (AvgIpc) is 2.31. The zero-order valence-corrected chi connectivity index (χ0v) is 10.4. The van der Waals surface area contributed by atoms with Gasteiger partial charge >= 0.3 is 5.97 Å². The molecule has 0 aromatic heterocycles. The van der Waals surface area contributed by atoms with Gasteiger partial charge in [0.2, 0.25) is 5.78 Å². The molecule has 0 saturated carbocycles. The van der Waals surface area contributed by atoms with E-state index in [9.17, 15) is 14.7 Å². The van der Waals surface area contributed by atoms with Crippen molar-refractivity contribution in [1.82, 2.24) is 0 Å². The fourth-order valence-electron chi connectivity index (χ4n) is 1.58. The van der Waals surface area contributed by atoms with Gasteiger partial charge in [0.1, 0.15) is 5.75 Å². The molecule has 0 saturated heterocycles. The second kappa shape index (κ2) is 5.04. The van der Waals surface area contributed by atoms with E-state index in [0.717, 1.165) is 0 Å². The van der Waals surface area contributed by atoms with Crippen LogP contribution in [0.25, 0.3) is 0 Å². The van der Waals surface area contributed by atoms with Crippen LogP contribution in [0.1, 0.15) is 25.0 Å². The molecule has 0 unspecified atom stereocenters. The summed E-state index contributed by atoms with van der Waals surface area (Å²) in [5.74, 6) is -2.22. The zero-order chi connectivity index (χ0) is 13.9. The van der Waals surface area contributed by atoms with Crippen molar-refractivity contribution in [2.45, 2.75) is 25.7 Å². The third kappa shape index (κ3) is 2.97. The molecule has 2 N–H and O–H groups in total.